The predicted octanol–water partition coefficient (Wildman–Crippen LogP) is 4.14. The van der Waals surface area contributed by atoms with Crippen LogP contribution in [0.3, 0.4) is 0 Å². The Kier molecular flexibility index (Phi) is 5.47. The van der Waals surface area contributed by atoms with Gasteiger partial charge in [-0.3, -0.25) is 4.79 Å². The first-order chi connectivity index (χ1) is 10.1. The number of carbonyl (C=O) groups excluding carboxylic acids is 1. The first-order valence-corrected chi connectivity index (χ1v) is 8.09. The van der Waals surface area contributed by atoms with E-state index in [9.17, 15) is 4.79 Å². The van der Waals surface area contributed by atoms with E-state index in [2.05, 4.69) is 15.6 Å². The number of halogens is 1. The molecule has 2 rings (SSSR count). The summed E-state index contributed by atoms with van der Waals surface area (Å²) in [6.45, 7) is 2.68. The van der Waals surface area contributed by atoms with Crippen molar-refractivity contribution in [3.63, 3.8) is 0 Å². The monoisotopic (exact) mass is 321 g/mol. The van der Waals surface area contributed by atoms with Crippen LogP contribution in [0.2, 0.25) is 5.02 Å². The lowest BCUT2D eigenvalue weighted by atomic mass is 10.2. The third-order valence-corrected chi connectivity index (χ3v) is 3.79. The number of carbonyl (C=O) groups is 1. The molecular formula is C15H16ClN3OS. The number of amides is 1. The lowest BCUT2D eigenvalue weighted by Gasteiger charge is -2.09. The van der Waals surface area contributed by atoms with Gasteiger partial charge in [0.05, 0.1) is 10.6 Å². The Hall–Kier alpha value is -1.72. The molecular weight excluding hydrogens is 306 g/mol. The predicted molar refractivity (Wildman–Crippen MR) is 89.6 cm³/mol. The molecule has 2 N–H and O–H groups in total. The SMILES string of the molecule is CCNc1ncc(C(=O)Nc2cccc(SC)c2)cc1Cl. The van der Waals surface area contributed by atoms with E-state index in [0.29, 0.717) is 16.4 Å². The number of nitrogens with one attached hydrogen (secondary N) is 2. The van der Waals surface area contributed by atoms with Gasteiger partial charge in [0.1, 0.15) is 5.82 Å². The normalized spacial score (nSPS) is 10.2. The molecule has 0 aliphatic heterocycles. The van der Waals surface area contributed by atoms with Gasteiger partial charge in [-0.2, -0.15) is 0 Å². The van der Waals surface area contributed by atoms with Gasteiger partial charge >= 0.3 is 0 Å². The van der Waals surface area contributed by atoms with Crippen LogP contribution >= 0.6 is 23.4 Å². The maximum absolute atomic E-state index is 12.2. The molecule has 0 unspecified atom stereocenters. The van der Waals surface area contributed by atoms with Crippen molar-refractivity contribution in [2.75, 3.05) is 23.4 Å². The molecule has 1 heterocycles. The highest BCUT2D eigenvalue weighted by molar-refractivity contribution is 7.98. The maximum atomic E-state index is 12.2. The van der Waals surface area contributed by atoms with E-state index < -0.39 is 0 Å². The summed E-state index contributed by atoms with van der Waals surface area (Å²) in [5.41, 5.74) is 1.18. The number of hydrogen-bond donors (Lipinski definition) is 2. The highest BCUT2D eigenvalue weighted by Gasteiger charge is 2.10. The van der Waals surface area contributed by atoms with Gasteiger partial charge in [0.2, 0.25) is 0 Å². The third-order valence-electron chi connectivity index (χ3n) is 2.78. The molecule has 1 aromatic heterocycles. The van der Waals surface area contributed by atoms with Gasteiger partial charge in [-0.1, -0.05) is 17.7 Å². The minimum absolute atomic E-state index is 0.231. The largest absolute Gasteiger partial charge is 0.369 e. The first-order valence-electron chi connectivity index (χ1n) is 6.49. The summed E-state index contributed by atoms with van der Waals surface area (Å²) in [5, 5.41) is 6.30. The fourth-order valence-electron chi connectivity index (χ4n) is 1.76. The minimum Gasteiger partial charge on any atom is -0.369 e. The Morgan fingerprint density at radius 1 is 1.38 bits per heavy atom. The van der Waals surface area contributed by atoms with Crippen LogP contribution in [0, 0.1) is 0 Å². The second-order valence-electron chi connectivity index (χ2n) is 4.27. The van der Waals surface area contributed by atoms with E-state index in [0.717, 1.165) is 17.1 Å². The van der Waals surface area contributed by atoms with E-state index in [1.807, 2.05) is 37.4 Å². The van der Waals surface area contributed by atoms with Crippen molar-refractivity contribution in [3.8, 4) is 0 Å². The molecule has 0 saturated heterocycles. The zero-order chi connectivity index (χ0) is 15.2. The molecule has 0 radical (unpaired) electrons. The van der Waals surface area contributed by atoms with Gasteiger partial charge in [-0.15, -0.1) is 11.8 Å². The Morgan fingerprint density at radius 3 is 2.86 bits per heavy atom. The average Bonchev–Trinajstić information content (AvgIpc) is 2.49. The van der Waals surface area contributed by atoms with Gasteiger partial charge in [-0.25, -0.2) is 4.98 Å². The number of benzene rings is 1. The summed E-state index contributed by atoms with van der Waals surface area (Å²) < 4.78 is 0. The topological polar surface area (TPSA) is 54.0 Å². The van der Waals surface area contributed by atoms with Crippen molar-refractivity contribution in [3.05, 3.63) is 47.1 Å². The highest BCUT2D eigenvalue weighted by Crippen LogP contribution is 2.22. The molecule has 0 aliphatic rings. The van der Waals surface area contributed by atoms with Crippen molar-refractivity contribution in [2.24, 2.45) is 0 Å². The summed E-state index contributed by atoms with van der Waals surface area (Å²) >= 11 is 7.72. The summed E-state index contributed by atoms with van der Waals surface area (Å²) in [4.78, 5) is 17.4. The number of pyridine rings is 1. The van der Waals surface area contributed by atoms with Gasteiger partial charge in [0, 0.05) is 23.3 Å². The summed E-state index contributed by atoms with van der Waals surface area (Å²) in [6.07, 6.45) is 3.50. The van der Waals surface area contributed by atoms with Gasteiger partial charge in [0.25, 0.3) is 5.91 Å². The van der Waals surface area contributed by atoms with Gasteiger partial charge < -0.3 is 10.6 Å². The molecule has 0 aliphatic carbocycles. The van der Waals surface area contributed by atoms with Crippen LogP contribution in [-0.4, -0.2) is 23.7 Å². The molecule has 0 saturated carbocycles. The van der Waals surface area contributed by atoms with Crippen molar-refractivity contribution in [1.82, 2.24) is 4.98 Å². The van der Waals surface area contributed by atoms with E-state index in [1.54, 1.807) is 17.8 Å². The quantitative estimate of drug-likeness (QED) is 0.813. The maximum Gasteiger partial charge on any atom is 0.257 e. The lowest BCUT2D eigenvalue weighted by molar-refractivity contribution is 0.102. The van der Waals surface area contributed by atoms with Crippen LogP contribution in [0.5, 0.6) is 0 Å². The lowest BCUT2D eigenvalue weighted by Crippen LogP contribution is -2.13. The Bertz CT molecular complexity index is 649. The van der Waals surface area contributed by atoms with E-state index in [1.165, 1.54) is 6.20 Å². The second-order valence-corrected chi connectivity index (χ2v) is 5.56. The highest BCUT2D eigenvalue weighted by atomic mass is 35.5. The van der Waals surface area contributed by atoms with Crippen LogP contribution in [0.25, 0.3) is 0 Å². The molecule has 2 aromatic rings. The zero-order valence-electron chi connectivity index (χ0n) is 11.8. The zero-order valence-corrected chi connectivity index (χ0v) is 13.4. The Labute approximate surface area is 133 Å². The smallest absolute Gasteiger partial charge is 0.257 e. The molecule has 6 heteroatoms. The number of hydrogen-bond acceptors (Lipinski definition) is 4. The molecule has 0 spiro atoms. The number of nitrogens with zero attached hydrogens (tertiary/aromatic N) is 1. The summed E-state index contributed by atoms with van der Waals surface area (Å²) in [7, 11) is 0. The Balaban J connectivity index is 2.14. The number of rotatable bonds is 5. The van der Waals surface area contributed by atoms with Crippen LogP contribution in [-0.2, 0) is 0 Å². The van der Waals surface area contributed by atoms with Crippen molar-refractivity contribution >= 4 is 40.8 Å². The average molecular weight is 322 g/mol. The second kappa shape index (κ2) is 7.33. The van der Waals surface area contributed by atoms with Crippen molar-refractivity contribution in [2.45, 2.75) is 11.8 Å². The number of aromatic nitrogens is 1. The fourth-order valence-corrected chi connectivity index (χ4v) is 2.46. The molecule has 1 aromatic carbocycles. The number of anilines is 2. The third kappa shape index (κ3) is 4.12. The van der Waals surface area contributed by atoms with Crippen LogP contribution < -0.4 is 10.6 Å². The van der Waals surface area contributed by atoms with Crippen LogP contribution in [0.1, 0.15) is 17.3 Å². The minimum atomic E-state index is -0.231. The van der Waals surface area contributed by atoms with Crippen LogP contribution in [0.4, 0.5) is 11.5 Å². The van der Waals surface area contributed by atoms with E-state index >= 15 is 0 Å². The van der Waals surface area contributed by atoms with Crippen molar-refractivity contribution in [1.29, 1.82) is 0 Å². The molecule has 1 amide bonds. The molecule has 110 valence electrons. The number of thioether (sulfide) groups is 1. The van der Waals surface area contributed by atoms with E-state index in [4.69, 9.17) is 11.6 Å². The van der Waals surface area contributed by atoms with Gasteiger partial charge in [0.15, 0.2) is 0 Å². The van der Waals surface area contributed by atoms with E-state index in [-0.39, 0.29) is 5.91 Å². The summed E-state index contributed by atoms with van der Waals surface area (Å²) in [6, 6.07) is 9.27. The van der Waals surface area contributed by atoms with Crippen LogP contribution in [0.15, 0.2) is 41.4 Å². The molecule has 21 heavy (non-hydrogen) atoms. The first kappa shape index (κ1) is 15.7. The molecule has 4 nitrogen and oxygen atoms in total. The Morgan fingerprint density at radius 2 is 2.19 bits per heavy atom. The fraction of sp³-hybridized carbons (Fsp3) is 0.200. The standard InChI is InChI=1S/C15H16ClN3OS/c1-3-17-14-13(16)7-10(9-18-14)15(20)19-11-5-4-6-12(8-11)21-2/h4-9H,3H2,1-2H3,(H,17,18)(H,19,20). The summed E-state index contributed by atoms with van der Waals surface area (Å²) in [5.74, 6) is 0.353. The molecule has 0 atom stereocenters. The molecule has 0 bridgehead atoms. The van der Waals surface area contributed by atoms with Gasteiger partial charge in [-0.05, 0) is 37.4 Å². The molecule has 0 fully saturated rings. The van der Waals surface area contributed by atoms with Crippen molar-refractivity contribution < 1.29 is 4.79 Å².